The van der Waals surface area contributed by atoms with Crippen LogP contribution in [0.15, 0.2) is 4.47 Å². The number of likely N-dealkylation sites (N-methyl/N-ethyl adjacent to an activating group) is 1. The lowest BCUT2D eigenvalue weighted by Gasteiger charge is -2.28. The highest BCUT2D eigenvalue weighted by atomic mass is 79.9. The molecule has 0 saturated carbocycles. The molecule has 0 saturated heterocycles. The van der Waals surface area contributed by atoms with E-state index >= 15 is 0 Å². The molecule has 0 aliphatic rings. The van der Waals surface area contributed by atoms with Crippen molar-refractivity contribution < 1.29 is 0 Å². The van der Waals surface area contributed by atoms with Gasteiger partial charge in [0.15, 0.2) is 0 Å². The Balaban J connectivity index is 2.93. The molecule has 1 N–H and O–H groups in total. The summed E-state index contributed by atoms with van der Waals surface area (Å²) in [7, 11) is 2.07. The van der Waals surface area contributed by atoms with E-state index in [4.69, 9.17) is 0 Å². The minimum Gasteiger partial charge on any atom is -0.314 e. The molecule has 0 spiro atoms. The Morgan fingerprint density at radius 3 is 2.19 bits per heavy atom. The van der Waals surface area contributed by atoms with Crippen molar-refractivity contribution in [1.82, 2.24) is 15.1 Å². The van der Waals surface area contributed by atoms with Gasteiger partial charge in [0, 0.05) is 19.5 Å². The van der Waals surface area contributed by atoms with Crippen LogP contribution in [0.4, 0.5) is 0 Å². The van der Waals surface area contributed by atoms with Gasteiger partial charge in [0.25, 0.3) is 0 Å². The van der Waals surface area contributed by atoms with Crippen LogP contribution in [-0.2, 0) is 19.9 Å². The molecule has 0 bridgehead atoms. The molecule has 0 radical (unpaired) electrons. The van der Waals surface area contributed by atoms with Gasteiger partial charge in [-0.3, -0.25) is 4.68 Å². The molecule has 1 aromatic rings. The van der Waals surface area contributed by atoms with Gasteiger partial charge in [-0.05, 0) is 47.7 Å². The summed E-state index contributed by atoms with van der Waals surface area (Å²) < 4.78 is 3.27. The standard InChI is InChI=1S/C17H32BrN3/c1-6-10-13(11-7-2)15(19-9-4)12-16-17(18)14(8-3)20-21(16)5/h13,15,19H,6-12H2,1-5H3. The van der Waals surface area contributed by atoms with Gasteiger partial charge in [-0.15, -0.1) is 0 Å². The predicted octanol–water partition coefficient (Wildman–Crippen LogP) is 4.48. The normalized spacial score (nSPS) is 13.1. The van der Waals surface area contributed by atoms with Crippen LogP contribution in [0.3, 0.4) is 0 Å². The molecule has 1 aromatic heterocycles. The van der Waals surface area contributed by atoms with E-state index in [2.05, 4.69) is 65.8 Å². The Labute approximate surface area is 139 Å². The first-order valence-electron chi connectivity index (χ1n) is 8.52. The Morgan fingerprint density at radius 2 is 1.76 bits per heavy atom. The van der Waals surface area contributed by atoms with Crippen molar-refractivity contribution in [2.24, 2.45) is 13.0 Å². The summed E-state index contributed by atoms with van der Waals surface area (Å²) in [6.45, 7) is 9.99. The molecule has 3 nitrogen and oxygen atoms in total. The third kappa shape index (κ3) is 5.10. The fraction of sp³-hybridized carbons (Fsp3) is 0.824. The molecular weight excluding hydrogens is 326 g/mol. The number of aromatic nitrogens is 2. The van der Waals surface area contributed by atoms with Crippen molar-refractivity contribution in [1.29, 1.82) is 0 Å². The number of hydrogen-bond donors (Lipinski definition) is 1. The monoisotopic (exact) mass is 357 g/mol. The van der Waals surface area contributed by atoms with E-state index in [0.29, 0.717) is 6.04 Å². The van der Waals surface area contributed by atoms with Crippen LogP contribution >= 0.6 is 15.9 Å². The molecule has 0 fully saturated rings. The van der Waals surface area contributed by atoms with Crippen molar-refractivity contribution in [3.8, 4) is 0 Å². The average molecular weight is 358 g/mol. The van der Waals surface area contributed by atoms with E-state index in [-0.39, 0.29) is 0 Å². The third-order valence-corrected chi connectivity index (χ3v) is 5.19. The molecule has 1 rings (SSSR count). The number of aryl methyl sites for hydroxylation is 2. The zero-order valence-corrected chi connectivity index (χ0v) is 16.0. The van der Waals surface area contributed by atoms with Gasteiger partial charge in [-0.2, -0.15) is 5.10 Å². The third-order valence-electron chi connectivity index (χ3n) is 4.27. The minimum atomic E-state index is 0.548. The molecule has 1 unspecified atom stereocenters. The molecule has 122 valence electrons. The maximum atomic E-state index is 4.64. The van der Waals surface area contributed by atoms with Crippen LogP contribution in [0, 0.1) is 5.92 Å². The largest absolute Gasteiger partial charge is 0.314 e. The highest BCUT2D eigenvalue weighted by Gasteiger charge is 2.23. The summed E-state index contributed by atoms with van der Waals surface area (Å²) in [6.07, 6.45) is 7.18. The second-order valence-corrected chi connectivity index (χ2v) is 6.68. The summed E-state index contributed by atoms with van der Waals surface area (Å²) in [5, 5.41) is 8.36. The number of halogens is 1. The maximum Gasteiger partial charge on any atom is 0.0766 e. The zero-order chi connectivity index (χ0) is 15.8. The zero-order valence-electron chi connectivity index (χ0n) is 14.4. The van der Waals surface area contributed by atoms with Crippen LogP contribution < -0.4 is 5.32 Å². The van der Waals surface area contributed by atoms with E-state index in [1.165, 1.54) is 41.5 Å². The van der Waals surface area contributed by atoms with Gasteiger partial charge < -0.3 is 5.32 Å². The summed E-state index contributed by atoms with van der Waals surface area (Å²) in [6, 6.07) is 0.548. The van der Waals surface area contributed by atoms with Crippen LogP contribution in [0.2, 0.25) is 0 Å². The molecular formula is C17H32BrN3. The Bertz CT molecular complexity index is 408. The van der Waals surface area contributed by atoms with E-state index in [1.54, 1.807) is 0 Å². The molecule has 21 heavy (non-hydrogen) atoms. The van der Waals surface area contributed by atoms with Crippen molar-refractivity contribution >= 4 is 15.9 Å². The van der Waals surface area contributed by atoms with Crippen LogP contribution in [0.25, 0.3) is 0 Å². The molecule has 0 aromatic carbocycles. The van der Waals surface area contributed by atoms with Gasteiger partial charge >= 0.3 is 0 Å². The van der Waals surface area contributed by atoms with Crippen LogP contribution in [0.1, 0.15) is 64.8 Å². The first-order valence-corrected chi connectivity index (χ1v) is 9.31. The van der Waals surface area contributed by atoms with Gasteiger partial charge in [0.05, 0.1) is 15.9 Å². The first-order chi connectivity index (χ1) is 10.1. The highest BCUT2D eigenvalue weighted by Crippen LogP contribution is 2.26. The quantitative estimate of drug-likeness (QED) is 0.668. The molecule has 0 aliphatic carbocycles. The summed E-state index contributed by atoms with van der Waals surface area (Å²) in [4.78, 5) is 0. The summed E-state index contributed by atoms with van der Waals surface area (Å²) in [5.41, 5.74) is 2.50. The molecule has 1 atom stereocenters. The van der Waals surface area contributed by atoms with E-state index in [1.807, 2.05) is 0 Å². The van der Waals surface area contributed by atoms with Gasteiger partial charge in [0.1, 0.15) is 0 Å². The fourth-order valence-electron chi connectivity index (χ4n) is 3.21. The lowest BCUT2D eigenvalue weighted by Crippen LogP contribution is -2.38. The Hall–Kier alpha value is -0.350. The number of hydrogen-bond acceptors (Lipinski definition) is 2. The van der Waals surface area contributed by atoms with Gasteiger partial charge in [0.2, 0.25) is 0 Å². The van der Waals surface area contributed by atoms with E-state index in [0.717, 1.165) is 25.3 Å². The number of nitrogens with zero attached hydrogens (tertiary/aromatic N) is 2. The Kier molecular flexibility index (Phi) is 8.57. The second kappa shape index (κ2) is 9.62. The van der Waals surface area contributed by atoms with E-state index < -0.39 is 0 Å². The molecule has 0 aliphatic heterocycles. The smallest absolute Gasteiger partial charge is 0.0766 e. The number of rotatable bonds is 10. The fourth-order valence-corrected chi connectivity index (χ4v) is 3.98. The second-order valence-electron chi connectivity index (χ2n) is 5.89. The topological polar surface area (TPSA) is 29.9 Å². The van der Waals surface area contributed by atoms with Crippen molar-refractivity contribution in [3.63, 3.8) is 0 Å². The van der Waals surface area contributed by atoms with Gasteiger partial charge in [-0.25, -0.2) is 0 Å². The van der Waals surface area contributed by atoms with Crippen LogP contribution in [0.5, 0.6) is 0 Å². The van der Waals surface area contributed by atoms with Crippen molar-refractivity contribution in [2.75, 3.05) is 6.54 Å². The lowest BCUT2D eigenvalue weighted by molar-refractivity contribution is 0.308. The van der Waals surface area contributed by atoms with Crippen molar-refractivity contribution in [3.05, 3.63) is 15.9 Å². The Morgan fingerprint density at radius 1 is 1.14 bits per heavy atom. The molecule has 0 amide bonds. The van der Waals surface area contributed by atoms with Crippen molar-refractivity contribution in [2.45, 2.75) is 72.3 Å². The van der Waals surface area contributed by atoms with Gasteiger partial charge in [-0.1, -0.05) is 40.5 Å². The van der Waals surface area contributed by atoms with Crippen LogP contribution in [-0.4, -0.2) is 22.4 Å². The SMILES string of the molecule is CCCC(CCC)C(Cc1c(Br)c(CC)nn1C)NCC. The number of nitrogens with one attached hydrogen (secondary N) is 1. The maximum absolute atomic E-state index is 4.64. The first kappa shape index (κ1) is 18.7. The lowest BCUT2D eigenvalue weighted by atomic mass is 9.87. The molecule has 1 heterocycles. The molecule has 4 heteroatoms. The highest BCUT2D eigenvalue weighted by molar-refractivity contribution is 9.10. The summed E-state index contributed by atoms with van der Waals surface area (Å²) in [5.74, 6) is 0.756. The minimum absolute atomic E-state index is 0.548. The average Bonchev–Trinajstić information content (AvgIpc) is 2.73. The van der Waals surface area contributed by atoms with E-state index in [9.17, 15) is 0 Å². The summed E-state index contributed by atoms with van der Waals surface area (Å²) >= 11 is 3.76. The predicted molar refractivity (Wildman–Crippen MR) is 94.8 cm³/mol.